The van der Waals surface area contributed by atoms with Crippen LogP contribution in [0.3, 0.4) is 0 Å². The SMILES string of the molecule is CCCNCCN=Cc1ccccc1O. The molecule has 0 amide bonds. The van der Waals surface area contributed by atoms with Crippen LogP contribution in [0.5, 0.6) is 5.75 Å². The summed E-state index contributed by atoms with van der Waals surface area (Å²) in [4.78, 5) is 4.23. The quantitative estimate of drug-likeness (QED) is 0.550. The van der Waals surface area contributed by atoms with Gasteiger partial charge >= 0.3 is 0 Å². The standard InChI is InChI=1S/C12H18N2O/c1-2-7-13-8-9-14-10-11-5-3-4-6-12(11)15/h3-6,10,13,15H,2,7-9H2,1H3. The Labute approximate surface area is 90.9 Å². The molecule has 2 N–H and O–H groups in total. The number of rotatable bonds is 6. The van der Waals surface area contributed by atoms with Gasteiger partial charge in [0.25, 0.3) is 0 Å². The molecule has 0 aromatic heterocycles. The van der Waals surface area contributed by atoms with Crippen LogP contribution >= 0.6 is 0 Å². The summed E-state index contributed by atoms with van der Waals surface area (Å²) in [5.41, 5.74) is 0.771. The van der Waals surface area contributed by atoms with Gasteiger partial charge < -0.3 is 10.4 Å². The number of benzene rings is 1. The molecule has 0 saturated heterocycles. The molecule has 1 aromatic carbocycles. The number of aromatic hydroxyl groups is 1. The van der Waals surface area contributed by atoms with Crippen molar-refractivity contribution in [2.75, 3.05) is 19.6 Å². The second-order valence-corrected chi connectivity index (χ2v) is 3.34. The normalized spacial score (nSPS) is 11.0. The van der Waals surface area contributed by atoms with Crippen molar-refractivity contribution >= 4 is 6.21 Å². The van der Waals surface area contributed by atoms with E-state index in [0.717, 1.165) is 31.6 Å². The summed E-state index contributed by atoms with van der Waals surface area (Å²) in [6, 6.07) is 7.20. The maximum absolute atomic E-state index is 9.44. The lowest BCUT2D eigenvalue weighted by molar-refractivity contribution is 0.474. The van der Waals surface area contributed by atoms with Gasteiger partial charge in [-0.05, 0) is 25.1 Å². The molecule has 3 heteroatoms. The van der Waals surface area contributed by atoms with Crippen molar-refractivity contribution in [2.24, 2.45) is 4.99 Å². The predicted molar refractivity (Wildman–Crippen MR) is 63.7 cm³/mol. The Morgan fingerprint density at radius 3 is 2.87 bits per heavy atom. The molecule has 0 aliphatic heterocycles. The Balaban J connectivity index is 2.29. The average Bonchev–Trinajstić information content (AvgIpc) is 2.25. The van der Waals surface area contributed by atoms with Gasteiger partial charge in [0.15, 0.2) is 0 Å². The molecular weight excluding hydrogens is 188 g/mol. The number of nitrogens with zero attached hydrogens (tertiary/aromatic N) is 1. The minimum absolute atomic E-state index is 0.280. The highest BCUT2D eigenvalue weighted by molar-refractivity contribution is 5.83. The van der Waals surface area contributed by atoms with Crippen molar-refractivity contribution in [3.63, 3.8) is 0 Å². The summed E-state index contributed by atoms with van der Waals surface area (Å²) in [6.07, 6.45) is 2.85. The second-order valence-electron chi connectivity index (χ2n) is 3.34. The number of hydrogen-bond donors (Lipinski definition) is 2. The van der Waals surface area contributed by atoms with E-state index in [4.69, 9.17) is 0 Å². The van der Waals surface area contributed by atoms with Gasteiger partial charge in [-0.3, -0.25) is 4.99 Å². The molecule has 0 bridgehead atoms. The fourth-order valence-electron chi connectivity index (χ4n) is 1.20. The Morgan fingerprint density at radius 2 is 2.13 bits per heavy atom. The van der Waals surface area contributed by atoms with Crippen molar-refractivity contribution < 1.29 is 5.11 Å². The Hall–Kier alpha value is -1.35. The molecule has 1 rings (SSSR count). The zero-order valence-electron chi connectivity index (χ0n) is 9.11. The minimum atomic E-state index is 0.280. The monoisotopic (exact) mass is 206 g/mol. The maximum atomic E-state index is 9.44. The molecule has 0 spiro atoms. The van der Waals surface area contributed by atoms with E-state index in [1.807, 2.05) is 12.1 Å². The fourth-order valence-corrected chi connectivity index (χ4v) is 1.20. The smallest absolute Gasteiger partial charge is 0.124 e. The van der Waals surface area contributed by atoms with Crippen LogP contribution in [-0.2, 0) is 0 Å². The lowest BCUT2D eigenvalue weighted by Crippen LogP contribution is -2.18. The third kappa shape index (κ3) is 4.61. The molecule has 0 unspecified atom stereocenters. The van der Waals surface area contributed by atoms with Gasteiger partial charge in [-0.15, -0.1) is 0 Å². The first-order chi connectivity index (χ1) is 7.34. The number of phenolic OH excluding ortho intramolecular Hbond substituents is 1. The topological polar surface area (TPSA) is 44.6 Å². The molecule has 0 heterocycles. The van der Waals surface area contributed by atoms with E-state index in [1.54, 1.807) is 18.3 Å². The van der Waals surface area contributed by atoms with Gasteiger partial charge in [0, 0.05) is 18.3 Å². The lowest BCUT2D eigenvalue weighted by atomic mass is 10.2. The van der Waals surface area contributed by atoms with Gasteiger partial charge in [0.1, 0.15) is 5.75 Å². The van der Waals surface area contributed by atoms with E-state index in [9.17, 15) is 5.11 Å². The molecule has 1 aromatic rings. The minimum Gasteiger partial charge on any atom is -0.507 e. The molecule has 3 nitrogen and oxygen atoms in total. The third-order valence-corrected chi connectivity index (χ3v) is 2.01. The molecule has 0 radical (unpaired) electrons. The van der Waals surface area contributed by atoms with Crippen LogP contribution in [0.4, 0.5) is 0 Å². The lowest BCUT2D eigenvalue weighted by Gasteiger charge is -1.99. The van der Waals surface area contributed by atoms with E-state index in [-0.39, 0.29) is 5.75 Å². The first kappa shape index (κ1) is 11.7. The van der Waals surface area contributed by atoms with Crippen LogP contribution in [0.2, 0.25) is 0 Å². The summed E-state index contributed by atoms with van der Waals surface area (Å²) >= 11 is 0. The summed E-state index contributed by atoms with van der Waals surface area (Å²) in [5, 5.41) is 12.7. The highest BCUT2D eigenvalue weighted by Crippen LogP contribution is 2.12. The van der Waals surface area contributed by atoms with Crippen molar-refractivity contribution in [1.82, 2.24) is 5.32 Å². The van der Waals surface area contributed by atoms with E-state index >= 15 is 0 Å². The highest BCUT2D eigenvalue weighted by Gasteiger charge is 1.93. The summed E-state index contributed by atoms with van der Waals surface area (Å²) in [5.74, 6) is 0.280. The van der Waals surface area contributed by atoms with Crippen LogP contribution in [0.25, 0.3) is 0 Å². The fraction of sp³-hybridized carbons (Fsp3) is 0.417. The van der Waals surface area contributed by atoms with Gasteiger partial charge in [0.2, 0.25) is 0 Å². The van der Waals surface area contributed by atoms with E-state index < -0.39 is 0 Å². The molecular formula is C12H18N2O. The molecule has 15 heavy (non-hydrogen) atoms. The van der Waals surface area contributed by atoms with Crippen LogP contribution in [0.1, 0.15) is 18.9 Å². The number of hydrogen-bond acceptors (Lipinski definition) is 3. The van der Waals surface area contributed by atoms with Gasteiger partial charge in [-0.25, -0.2) is 0 Å². The maximum Gasteiger partial charge on any atom is 0.124 e. The zero-order valence-corrected chi connectivity index (χ0v) is 9.11. The van der Waals surface area contributed by atoms with Crippen LogP contribution in [0, 0.1) is 0 Å². The average molecular weight is 206 g/mol. The van der Waals surface area contributed by atoms with E-state index in [0.29, 0.717) is 0 Å². The van der Waals surface area contributed by atoms with Crippen molar-refractivity contribution in [1.29, 1.82) is 0 Å². The van der Waals surface area contributed by atoms with Gasteiger partial charge in [-0.2, -0.15) is 0 Å². The highest BCUT2D eigenvalue weighted by atomic mass is 16.3. The van der Waals surface area contributed by atoms with E-state index in [1.165, 1.54) is 0 Å². The first-order valence-electron chi connectivity index (χ1n) is 5.33. The summed E-state index contributed by atoms with van der Waals surface area (Å²) < 4.78 is 0. The molecule has 0 fully saturated rings. The summed E-state index contributed by atoms with van der Waals surface area (Å²) in [7, 11) is 0. The van der Waals surface area contributed by atoms with Crippen LogP contribution in [0.15, 0.2) is 29.3 Å². The predicted octanol–water partition coefficient (Wildman–Crippen LogP) is 1.81. The largest absolute Gasteiger partial charge is 0.507 e. The van der Waals surface area contributed by atoms with Crippen molar-refractivity contribution in [3.05, 3.63) is 29.8 Å². The zero-order chi connectivity index (χ0) is 10.9. The summed E-state index contributed by atoms with van der Waals surface area (Å²) in [6.45, 7) is 4.80. The van der Waals surface area contributed by atoms with Crippen LogP contribution in [-0.4, -0.2) is 31.0 Å². The van der Waals surface area contributed by atoms with Crippen molar-refractivity contribution in [2.45, 2.75) is 13.3 Å². The van der Waals surface area contributed by atoms with Crippen LogP contribution < -0.4 is 5.32 Å². The Bertz CT molecular complexity index is 310. The molecule has 0 atom stereocenters. The van der Waals surface area contributed by atoms with E-state index in [2.05, 4.69) is 17.2 Å². The molecule has 0 aliphatic rings. The third-order valence-electron chi connectivity index (χ3n) is 2.01. The molecule has 0 aliphatic carbocycles. The number of nitrogens with one attached hydrogen (secondary N) is 1. The van der Waals surface area contributed by atoms with Gasteiger partial charge in [0.05, 0.1) is 6.54 Å². The Morgan fingerprint density at radius 1 is 1.33 bits per heavy atom. The number of phenols is 1. The Kier molecular flexibility index (Phi) is 5.48. The van der Waals surface area contributed by atoms with Gasteiger partial charge in [-0.1, -0.05) is 19.1 Å². The number of aliphatic imine (C=N–C) groups is 1. The molecule has 82 valence electrons. The second kappa shape index (κ2) is 7.01. The first-order valence-corrected chi connectivity index (χ1v) is 5.33. The molecule has 0 saturated carbocycles. The van der Waals surface area contributed by atoms with Crippen molar-refractivity contribution in [3.8, 4) is 5.75 Å². The number of para-hydroxylation sites is 1.